The smallest absolute Gasteiger partial charge is 0.274 e. The molecule has 0 saturated carbocycles. The fourth-order valence-electron chi connectivity index (χ4n) is 1.61. The molecule has 2 aromatic rings. The molecule has 0 aliphatic rings. The predicted molar refractivity (Wildman–Crippen MR) is 57.7 cm³/mol. The zero-order valence-electron chi connectivity index (χ0n) is 8.61. The molecule has 76 valence electrons. The predicted octanol–water partition coefficient (Wildman–Crippen LogP) is 1.78. The summed E-state index contributed by atoms with van der Waals surface area (Å²) in [6.07, 6.45) is 0. The number of nitriles is 1. The summed E-state index contributed by atoms with van der Waals surface area (Å²) in [6.45, 7) is 3.84. The van der Waals surface area contributed by atoms with Crippen molar-refractivity contribution in [1.82, 2.24) is 9.78 Å². The van der Waals surface area contributed by atoms with Crippen molar-refractivity contribution in [2.24, 2.45) is 0 Å². The first-order chi connectivity index (χ1) is 7.15. The van der Waals surface area contributed by atoms with Crippen LogP contribution >= 0.6 is 0 Å². The Morgan fingerprint density at radius 2 is 2.20 bits per heavy atom. The van der Waals surface area contributed by atoms with Gasteiger partial charge in [-0.3, -0.25) is 9.89 Å². The number of para-hydroxylation sites is 1. The van der Waals surface area contributed by atoms with Gasteiger partial charge in [0.1, 0.15) is 6.07 Å². The third-order valence-corrected chi connectivity index (χ3v) is 2.38. The largest absolute Gasteiger partial charge is 0.293 e. The Labute approximate surface area is 86.7 Å². The van der Waals surface area contributed by atoms with Gasteiger partial charge in [-0.2, -0.15) is 5.26 Å². The van der Waals surface area contributed by atoms with E-state index in [4.69, 9.17) is 5.26 Å². The maximum atomic E-state index is 11.9. The van der Waals surface area contributed by atoms with E-state index in [0.717, 1.165) is 0 Å². The van der Waals surface area contributed by atoms with E-state index < -0.39 is 0 Å². The number of hydrogen-bond donors (Lipinski definition) is 1. The molecule has 4 nitrogen and oxygen atoms in total. The van der Waals surface area contributed by atoms with E-state index in [-0.39, 0.29) is 11.6 Å². The number of H-pyrrole nitrogens is 1. The van der Waals surface area contributed by atoms with Crippen molar-refractivity contribution in [1.29, 1.82) is 5.26 Å². The Kier molecular flexibility index (Phi) is 2.09. The average molecular weight is 201 g/mol. The van der Waals surface area contributed by atoms with E-state index in [1.807, 2.05) is 13.8 Å². The van der Waals surface area contributed by atoms with Crippen LogP contribution in [-0.2, 0) is 0 Å². The Morgan fingerprint density at radius 3 is 2.80 bits per heavy atom. The van der Waals surface area contributed by atoms with Crippen molar-refractivity contribution in [2.45, 2.75) is 19.9 Å². The van der Waals surface area contributed by atoms with Crippen LogP contribution in [-0.4, -0.2) is 9.78 Å². The standard InChI is InChI=1S/C11H11N3O/c1-7(2)14-11(15)9-5-3-4-8(6-12)10(9)13-14/h3-5,7,13H,1-2H3. The van der Waals surface area contributed by atoms with Gasteiger partial charge in [0.25, 0.3) is 5.56 Å². The van der Waals surface area contributed by atoms with Gasteiger partial charge in [-0.05, 0) is 26.0 Å². The number of fused-ring (bicyclic) bond motifs is 1. The molecule has 0 amide bonds. The Balaban J connectivity index is 2.89. The van der Waals surface area contributed by atoms with E-state index >= 15 is 0 Å². The minimum atomic E-state index is -0.0721. The van der Waals surface area contributed by atoms with Crippen LogP contribution in [0.5, 0.6) is 0 Å². The SMILES string of the molecule is CC(C)n1[nH]c2c(C#N)cccc2c1=O. The van der Waals surface area contributed by atoms with Crippen LogP contribution in [0.2, 0.25) is 0 Å². The first-order valence-electron chi connectivity index (χ1n) is 4.78. The summed E-state index contributed by atoms with van der Waals surface area (Å²) >= 11 is 0. The number of benzene rings is 1. The molecule has 4 heteroatoms. The third kappa shape index (κ3) is 1.33. The number of aromatic nitrogens is 2. The zero-order chi connectivity index (χ0) is 11.0. The summed E-state index contributed by atoms with van der Waals surface area (Å²) < 4.78 is 1.53. The molecular weight excluding hydrogens is 190 g/mol. The van der Waals surface area contributed by atoms with E-state index in [0.29, 0.717) is 16.5 Å². The summed E-state index contributed by atoms with van der Waals surface area (Å²) in [5.41, 5.74) is 1.06. The van der Waals surface area contributed by atoms with Gasteiger partial charge in [-0.25, -0.2) is 4.68 Å². The van der Waals surface area contributed by atoms with E-state index in [9.17, 15) is 4.79 Å². The zero-order valence-corrected chi connectivity index (χ0v) is 8.61. The molecule has 1 N–H and O–H groups in total. The van der Waals surface area contributed by atoms with Crippen molar-refractivity contribution in [3.8, 4) is 6.07 Å². The minimum Gasteiger partial charge on any atom is -0.293 e. The summed E-state index contributed by atoms with van der Waals surface area (Å²) in [7, 11) is 0. The van der Waals surface area contributed by atoms with Crippen LogP contribution in [0.25, 0.3) is 10.9 Å². The molecule has 0 aliphatic heterocycles. The Morgan fingerprint density at radius 1 is 1.47 bits per heavy atom. The quantitative estimate of drug-likeness (QED) is 0.764. The minimum absolute atomic E-state index is 0.0662. The van der Waals surface area contributed by atoms with Crippen molar-refractivity contribution < 1.29 is 0 Å². The molecule has 0 radical (unpaired) electrons. The molecule has 1 aromatic heterocycles. The van der Waals surface area contributed by atoms with Crippen molar-refractivity contribution >= 4 is 10.9 Å². The number of nitrogens with zero attached hydrogens (tertiary/aromatic N) is 2. The first kappa shape index (κ1) is 9.53. The summed E-state index contributed by atoms with van der Waals surface area (Å²) in [6, 6.07) is 7.28. The van der Waals surface area contributed by atoms with Crippen molar-refractivity contribution in [2.75, 3.05) is 0 Å². The molecule has 0 unspecified atom stereocenters. The van der Waals surface area contributed by atoms with Crippen molar-refractivity contribution in [3.63, 3.8) is 0 Å². The number of rotatable bonds is 1. The normalized spacial score (nSPS) is 10.8. The lowest BCUT2D eigenvalue weighted by atomic mass is 10.2. The summed E-state index contributed by atoms with van der Waals surface area (Å²) in [4.78, 5) is 11.9. The van der Waals surface area contributed by atoms with E-state index in [2.05, 4.69) is 11.2 Å². The van der Waals surface area contributed by atoms with Gasteiger partial charge >= 0.3 is 0 Å². The maximum Gasteiger partial charge on any atom is 0.274 e. The van der Waals surface area contributed by atoms with Crippen LogP contribution in [0.1, 0.15) is 25.5 Å². The topological polar surface area (TPSA) is 61.6 Å². The molecule has 0 atom stereocenters. The maximum absolute atomic E-state index is 11.9. The van der Waals surface area contributed by atoms with Gasteiger partial charge in [-0.1, -0.05) is 6.07 Å². The van der Waals surface area contributed by atoms with Gasteiger partial charge in [-0.15, -0.1) is 0 Å². The molecule has 0 aliphatic carbocycles. The number of aromatic amines is 1. The lowest BCUT2D eigenvalue weighted by molar-refractivity contribution is 0.522. The highest BCUT2D eigenvalue weighted by molar-refractivity contribution is 5.83. The second-order valence-corrected chi connectivity index (χ2v) is 3.72. The molecule has 1 heterocycles. The molecule has 0 saturated heterocycles. The number of nitrogens with one attached hydrogen (secondary N) is 1. The van der Waals surface area contributed by atoms with Crippen LogP contribution < -0.4 is 5.56 Å². The third-order valence-electron chi connectivity index (χ3n) is 2.38. The van der Waals surface area contributed by atoms with Gasteiger partial charge in [0, 0.05) is 6.04 Å². The number of hydrogen-bond acceptors (Lipinski definition) is 2. The second-order valence-electron chi connectivity index (χ2n) is 3.72. The van der Waals surface area contributed by atoms with Gasteiger partial charge in [0.15, 0.2) is 0 Å². The first-order valence-corrected chi connectivity index (χ1v) is 4.78. The second kappa shape index (κ2) is 3.28. The van der Waals surface area contributed by atoms with Gasteiger partial charge in [0.05, 0.1) is 16.5 Å². The van der Waals surface area contributed by atoms with Crippen molar-refractivity contribution in [3.05, 3.63) is 34.1 Å². The highest BCUT2D eigenvalue weighted by Crippen LogP contribution is 2.14. The lowest BCUT2D eigenvalue weighted by Crippen LogP contribution is -2.18. The lowest BCUT2D eigenvalue weighted by Gasteiger charge is -2.03. The highest BCUT2D eigenvalue weighted by Gasteiger charge is 2.10. The molecule has 15 heavy (non-hydrogen) atoms. The summed E-state index contributed by atoms with van der Waals surface area (Å²) in [5.74, 6) is 0. The fraction of sp³-hybridized carbons (Fsp3) is 0.273. The average Bonchev–Trinajstić information content (AvgIpc) is 2.56. The monoisotopic (exact) mass is 201 g/mol. The molecular formula is C11H11N3O. The molecule has 0 bridgehead atoms. The molecule has 0 fully saturated rings. The molecule has 2 rings (SSSR count). The molecule has 0 spiro atoms. The van der Waals surface area contributed by atoms with E-state index in [1.54, 1.807) is 18.2 Å². The van der Waals surface area contributed by atoms with Crippen LogP contribution in [0, 0.1) is 11.3 Å². The Hall–Kier alpha value is -2.02. The van der Waals surface area contributed by atoms with Gasteiger partial charge in [0.2, 0.25) is 0 Å². The highest BCUT2D eigenvalue weighted by atomic mass is 16.1. The van der Waals surface area contributed by atoms with E-state index in [1.165, 1.54) is 4.68 Å². The Bertz CT molecular complexity index is 598. The van der Waals surface area contributed by atoms with Gasteiger partial charge < -0.3 is 0 Å². The van der Waals surface area contributed by atoms with Crippen LogP contribution in [0.4, 0.5) is 0 Å². The van der Waals surface area contributed by atoms with Crippen LogP contribution in [0.15, 0.2) is 23.0 Å². The van der Waals surface area contributed by atoms with Crippen LogP contribution in [0.3, 0.4) is 0 Å². The summed E-state index contributed by atoms with van der Waals surface area (Å²) in [5, 5.41) is 12.4. The molecule has 1 aromatic carbocycles. The fourth-order valence-corrected chi connectivity index (χ4v) is 1.61.